The number of hydrogen-bond donors (Lipinski definition) is 1. The van der Waals surface area contributed by atoms with Gasteiger partial charge in [0.25, 0.3) is 0 Å². The zero-order valence-corrected chi connectivity index (χ0v) is 12.6. The van der Waals surface area contributed by atoms with Crippen molar-refractivity contribution in [1.29, 1.82) is 10.5 Å². The van der Waals surface area contributed by atoms with Crippen molar-refractivity contribution in [1.82, 2.24) is 0 Å². The van der Waals surface area contributed by atoms with Crippen LogP contribution in [0, 0.1) is 22.7 Å². The van der Waals surface area contributed by atoms with Gasteiger partial charge in [-0.15, -0.1) is 0 Å². The second-order valence-corrected chi connectivity index (χ2v) is 7.00. The third-order valence-corrected chi connectivity index (χ3v) is 5.84. The average Bonchev–Trinajstić information content (AvgIpc) is 2.61. The van der Waals surface area contributed by atoms with Crippen molar-refractivity contribution < 1.29 is 8.42 Å². The molecule has 2 N–H and O–H groups in total. The van der Waals surface area contributed by atoms with Gasteiger partial charge in [0.15, 0.2) is 0 Å². The van der Waals surface area contributed by atoms with Crippen LogP contribution in [-0.4, -0.2) is 8.42 Å². The number of sulfone groups is 1. The first-order valence-corrected chi connectivity index (χ1v) is 7.86. The molecule has 0 saturated heterocycles. The molecule has 0 bridgehead atoms. The smallest absolute Gasteiger partial charge is 0.206 e. The highest BCUT2D eigenvalue weighted by atomic mass is 127. The molecule has 0 aromatic heterocycles. The molecule has 19 heavy (non-hydrogen) atoms. The Labute approximate surface area is 124 Å². The Morgan fingerprint density at radius 2 is 2.00 bits per heavy atom. The van der Waals surface area contributed by atoms with Crippen LogP contribution in [0.5, 0.6) is 0 Å². The zero-order chi connectivity index (χ0) is 14.2. The Bertz CT molecular complexity index is 751. The van der Waals surface area contributed by atoms with Crippen LogP contribution in [0.2, 0.25) is 0 Å². The molecule has 0 spiro atoms. The molecular weight excluding hydrogens is 377 g/mol. The minimum absolute atomic E-state index is 0.0680. The van der Waals surface area contributed by atoms with Crippen molar-refractivity contribution in [3.05, 3.63) is 42.4 Å². The van der Waals surface area contributed by atoms with E-state index in [2.05, 4.69) is 0 Å². The lowest BCUT2D eigenvalue weighted by molar-refractivity contribution is 0.607. The lowest BCUT2D eigenvalue weighted by atomic mass is 9.96. The van der Waals surface area contributed by atoms with E-state index < -0.39 is 9.84 Å². The van der Waals surface area contributed by atoms with E-state index in [0.29, 0.717) is 18.4 Å². The van der Waals surface area contributed by atoms with E-state index >= 15 is 0 Å². The first-order valence-electron chi connectivity index (χ1n) is 5.30. The van der Waals surface area contributed by atoms with Gasteiger partial charge in [-0.2, -0.15) is 10.5 Å². The normalized spacial score (nSPS) is 22.6. The minimum atomic E-state index is -3.69. The third kappa shape index (κ3) is 1.99. The van der Waals surface area contributed by atoms with Crippen molar-refractivity contribution in [3.63, 3.8) is 0 Å². The first kappa shape index (κ1) is 13.8. The Kier molecular flexibility index (Phi) is 3.52. The van der Waals surface area contributed by atoms with E-state index in [4.69, 9.17) is 16.3 Å². The summed E-state index contributed by atoms with van der Waals surface area (Å²) in [5.74, 6) is 0. The highest BCUT2D eigenvalue weighted by molar-refractivity contribution is 14.1. The molecule has 1 heterocycles. The molecule has 5 nitrogen and oxygen atoms in total. The van der Waals surface area contributed by atoms with Gasteiger partial charge in [-0.25, -0.2) is 8.42 Å². The molecule has 96 valence electrons. The van der Waals surface area contributed by atoms with Gasteiger partial charge in [0.2, 0.25) is 9.84 Å². The highest BCUT2D eigenvalue weighted by Crippen LogP contribution is 2.46. The summed E-state index contributed by atoms with van der Waals surface area (Å²) >= 11 is 1.70. The van der Waals surface area contributed by atoms with Gasteiger partial charge in [-0.05, 0) is 41.0 Å². The van der Waals surface area contributed by atoms with E-state index in [0.717, 1.165) is 0 Å². The quantitative estimate of drug-likeness (QED) is 0.390. The highest BCUT2D eigenvalue weighted by Gasteiger charge is 2.41. The Hall–Kier alpha value is -1.58. The summed E-state index contributed by atoms with van der Waals surface area (Å²) in [4.78, 5) is 0.144. The molecule has 0 aromatic rings. The van der Waals surface area contributed by atoms with Crippen LogP contribution >= 0.6 is 22.6 Å². The molecule has 0 radical (unpaired) electrons. The standard InChI is InChI=1S/C12H8IN3O2S/c13-12(16)11-10(7(5-14)6-15)8-3-1-2-4-9(8)19(11,17)18/h1,3H,2,4,16H2/b12-11-. The van der Waals surface area contributed by atoms with Gasteiger partial charge in [0.05, 0.1) is 8.61 Å². The number of allylic oxidation sites excluding steroid dienone is 6. The van der Waals surface area contributed by atoms with E-state index in [-0.39, 0.29) is 24.7 Å². The van der Waals surface area contributed by atoms with Gasteiger partial charge in [0, 0.05) is 5.57 Å². The van der Waals surface area contributed by atoms with E-state index in [1.54, 1.807) is 40.8 Å². The van der Waals surface area contributed by atoms with Crippen molar-refractivity contribution in [3.8, 4) is 12.1 Å². The first-order chi connectivity index (χ1) is 8.95. The fourth-order valence-electron chi connectivity index (χ4n) is 2.16. The second kappa shape index (κ2) is 4.83. The summed E-state index contributed by atoms with van der Waals surface area (Å²) in [5.41, 5.74) is 5.99. The van der Waals surface area contributed by atoms with Crippen LogP contribution in [0.15, 0.2) is 42.4 Å². The van der Waals surface area contributed by atoms with Crippen molar-refractivity contribution in [2.24, 2.45) is 5.73 Å². The second-order valence-electron chi connectivity index (χ2n) is 3.93. The number of halogens is 1. The predicted octanol–water partition coefficient (Wildman–Crippen LogP) is 1.93. The lowest BCUT2D eigenvalue weighted by Gasteiger charge is -2.05. The van der Waals surface area contributed by atoms with Crippen LogP contribution in [0.4, 0.5) is 0 Å². The van der Waals surface area contributed by atoms with Gasteiger partial charge in [0.1, 0.15) is 22.6 Å². The van der Waals surface area contributed by atoms with Crippen molar-refractivity contribution in [2.75, 3.05) is 0 Å². The zero-order valence-electron chi connectivity index (χ0n) is 9.64. The molecule has 0 fully saturated rings. The number of rotatable bonds is 0. The predicted molar refractivity (Wildman–Crippen MR) is 77.8 cm³/mol. The summed E-state index contributed by atoms with van der Waals surface area (Å²) in [7, 11) is -3.69. The van der Waals surface area contributed by atoms with Crippen LogP contribution < -0.4 is 5.73 Å². The Balaban J connectivity index is 2.95. The number of nitrogens with zero attached hydrogens (tertiary/aromatic N) is 2. The number of nitrogens with two attached hydrogens (primary N) is 1. The monoisotopic (exact) mass is 385 g/mol. The fourth-order valence-corrected chi connectivity index (χ4v) is 5.13. The molecule has 2 rings (SSSR count). The maximum absolute atomic E-state index is 12.4. The molecule has 7 heteroatoms. The van der Waals surface area contributed by atoms with Gasteiger partial charge < -0.3 is 5.73 Å². The summed E-state index contributed by atoms with van der Waals surface area (Å²) in [6.45, 7) is 0. The van der Waals surface area contributed by atoms with Crippen LogP contribution in [0.25, 0.3) is 0 Å². The average molecular weight is 385 g/mol. The molecule has 0 unspecified atom stereocenters. The third-order valence-electron chi connectivity index (χ3n) is 2.90. The maximum Gasteiger partial charge on any atom is 0.206 e. The fraction of sp³-hybridized carbons (Fsp3) is 0.167. The van der Waals surface area contributed by atoms with E-state index in [1.807, 2.05) is 6.08 Å². The molecule has 2 aliphatic rings. The summed E-state index contributed by atoms with van der Waals surface area (Å²) in [6.07, 6.45) is 4.46. The summed E-state index contributed by atoms with van der Waals surface area (Å²) in [5, 5.41) is 18.0. The molecule has 1 aliphatic heterocycles. The van der Waals surface area contributed by atoms with E-state index in [1.165, 1.54) is 0 Å². The number of hydrogen-bond acceptors (Lipinski definition) is 5. The van der Waals surface area contributed by atoms with Gasteiger partial charge >= 0.3 is 0 Å². The Morgan fingerprint density at radius 1 is 1.37 bits per heavy atom. The van der Waals surface area contributed by atoms with E-state index in [9.17, 15) is 8.42 Å². The largest absolute Gasteiger partial charge is 0.393 e. The van der Waals surface area contributed by atoms with Crippen LogP contribution in [-0.2, 0) is 9.84 Å². The lowest BCUT2D eigenvalue weighted by Crippen LogP contribution is -2.07. The van der Waals surface area contributed by atoms with Crippen molar-refractivity contribution >= 4 is 32.4 Å². The van der Waals surface area contributed by atoms with Gasteiger partial charge in [-0.3, -0.25) is 0 Å². The van der Waals surface area contributed by atoms with Crippen molar-refractivity contribution in [2.45, 2.75) is 12.8 Å². The summed E-state index contributed by atoms with van der Waals surface area (Å²) in [6, 6.07) is 3.48. The minimum Gasteiger partial charge on any atom is -0.393 e. The molecule has 0 atom stereocenters. The summed E-state index contributed by atoms with van der Waals surface area (Å²) < 4.78 is 24.9. The van der Waals surface area contributed by atoms with Crippen LogP contribution in [0.3, 0.4) is 0 Å². The molecule has 0 aromatic carbocycles. The molecule has 0 amide bonds. The molecular formula is C12H8IN3O2S. The Morgan fingerprint density at radius 3 is 2.53 bits per heavy atom. The SMILES string of the molecule is N#CC(C#N)=C1C2=C(CCC=C2)S(=O)(=O)/C1=C(\N)I. The molecule has 0 saturated carbocycles. The van der Waals surface area contributed by atoms with Gasteiger partial charge in [-0.1, -0.05) is 12.2 Å². The van der Waals surface area contributed by atoms with Crippen LogP contribution in [0.1, 0.15) is 12.8 Å². The topological polar surface area (TPSA) is 108 Å². The molecule has 1 aliphatic carbocycles. The maximum atomic E-state index is 12.4. The number of nitriles is 2.